The van der Waals surface area contributed by atoms with Gasteiger partial charge in [0.25, 0.3) is 0 Å². The Morgan fingerprint density at radius 2 is 2.47 bits per heavy atom. The second-order valence-electron chi connectivity index (χ2n) is 4.49. The maximum atomic E-state index is 11.7. The van der Waals surface area contributed by atoms with Crippen molar-refractivity contribution < 1.29 is 9.53 Å². The first-order chi connectivity index (χ1) is 8.69. The standard InChI is InChI=1S/C12H19N3O2S.ClH/c1-2-17-11(16)9-4-3-5-15(7-9)8-10-6-14-12(13)18-10;/h6,9H,2-5,7-8H2,1H3,(H2,13,14);1H/t9-;/m1./s1. The number of anilines is 1. The first-order valence-electron chi connectivity index (χ1n) is 6.28. The number of aromatic nitrogens is 1. The van der Waals surface area contributed by atoms with Gasteiger partial charge < -0.3 is 10.5 Å². The topological polar surface area (TPSA) is 68.5 Å². The molecule has 1 saturated heterocycles. The molecule has 0 bridgehead atoms. The number of nitrogens with zero attached hydrogens (tertiary/aromatic N) is 2. The van der Waals surface area contributed by atoms with Gasteiger partial charge in [0.1, 0.15) is 0 Å². The lowest BCUT2D eigenvalue weighted by Gasteiger charge is -2.30. The zero-order valence-electron chi connectivity index (χ0n) is 11.0. The van der Waals surface area contributed by atoms with Gasteiger partial charge in [-0.25, -0.2) is 4.98 Å². The SMILES string of the molecule is CCOC(=O)[C@@H]1CCCN(Cc2cnc(N)s2)C1.Cl. The van der Waals surface area contributed by atoms with Crippen LogP contribution in [0.1, 0.15) is 24.6 Å². The van der Waals surface area contributed by atoms with Crippen molar-refractivity contribution in [3.8, 4) is 0 Å². The lowest BCUT2D eigenvalue weighted by molar-refractivity contribution is -0.150. The van der Waals surface area contributed by atoms with E-state index in [1.54, 1.807) is 0 Å². The minimum Gasteiger partial charge on any atom is -0.466 e. The van der Waals surface area contributed by atoms with Gasteiger partial charge in [0.15, 0.2) is 5.13 Å². The molecule has 19 heavy (non-hydrogen) atoms. The van der Waals surface area contributed by atoms with Crippen LogP contribution in [0.4, 0.5) is 5.13 Å². The fourth-order valence-electron chi connectivity index (χ4n) is 2.27. The molecule has 1 aromatic heterocycles. The highest BCUT2D eigenvalue weighted by Gasteiger charge is 2.26. The number of thiazole rings is 1. The molecule has 1 fully saturated rings. The van der Waals surface area contributed by atoms with Crippen LogP contribution in [0.5, 0.6) is 0 Å². The summed E-state index contributed by atoms with van der Waals surface area (Å²) in [5.41, 5.74) is 5.61. The first kappa shape index (κ1) is 16.2. The summed E-state index contributed by atoms with van der Waals surface area (Å²) in [5.74, 6) is -0.0463. The molecule has 0 aliphatic carbocycles. The molecule has 2 heterocycles. The lowest BCUT2D eigenvalue weighted by atomic mass is 9.98. The monoisotopic (exact) mass is 305 g/mol. The molecule has 0 aromatic carbocycles. The van der Waals surface area contributed by atoms with E-state index in [-0.39, 0.29) is 24.3 Å². The Morgan fingerprint density at radius 3 is 3.11 bits per heavy atom. The summed E-state index contributed by atoms with van der Waals surface area (Å²) in [4.78, 5) is 19.2. The van der Waals surface area contributed by atoms with Crippen molar-refractivity contribution >= 4 is 34.8 Å². The minimum absolute atomic E-state index is 0. The molecule has 7 heteroatoms. The second-order valence-corrected chi connectivity index (χ2v) is 5.64. The third kappa shape index (κ3) is 4.63. The van der Waals surface area contributed by atoms with Crippen molar-refractivity contribution in [2.24, 2.45) is 5.92 Å². The zero-order valence-corrected chi connectivity index (χ0v) is 12.6. The van der Waals surface area contributed by atoms with Crippen LogP contribution in [0.15, 0.2) is 6.20 Å². The van der Waals surface area contributed by atoms with Crippen molar-refractivity contribution in [1.29, 1.82) is 0 Å². The molecule has 0 unspecified atom stereocenters. The molecule has 1 aliphatic rings. The number of nitrogen functional groups attached to an aromatic ring is 1. The number of hydrogen-bond donors (Lipinski definition) is 1. The number of hydrogen-bond acceptors (Lipinski definition) is 6. The summed E-state index contributed by atoms with van der Waals surface area (Å²) >= 11 is 1.51. The van der Waals surface area contributed by atoms with Crippen LogP contribution in [-0.4, -0.2) is 35.5 Å². The fraction of sp³-hybridized carbons (Fsp3) is 0.667. The Bertz CT molecular complexity index is 413. The smallest absolute Gasteiger partial charge is 0.310 e. The van der Waals surface area contributed by atoms with Crippen LogP contribution in [0.2, 0.25) is 0 Å². The van der Waals surface area contributed by atoms with Gasteiger partial charge in [-0.1, -0.05) is 0 Å². The number of rotatable bonds is 4. The zero-order chi connectivity index (χ0) is 13.0. The molecule has 0 radical (unpaired) electrons. The number of halogens is 1. The van der Waals surface area contributed by atoms with Gasteiger partial charge >= 0.3 is 5.97 Å². The molecule has 108 valence electrons. The molecule has 1 aliphatic heterocycles. The number of likely N-dealkylation sites (tertiary alicyclic amines) is 1. The van der Waals surface area contributed by atoms with Gasteiger partial charge in [0.2, 0.25) is 0 Å². The van der Waals surface area contributed by atoms with Gasteiger partial charge in [-0.2, -0.15) is 0 Å². The Labute approximate surface area is 123 Å². The Morgan fingerprint density at radius 1 is 1.68 bits per heavy atom. The van der Waals surface area contributed by atoms with E-state index in [0.717, 1.165) is 37.4 Å². The highest BCUT2D eigenvalue weighted by atomic mass is 35.5. The molecular weight excluding hydrogens is 286 g/mol. The number of carbonyl (C=O) groups is 1. The molecule has 0 amide bonds. The maximum absolute atomic E-state index is 11.7. The van der Waals surface area contributed by atoms with Crippen LogP contribution in [0, 0.1) is 5.92 Å². The van der Waals surface area contributed by atoms with Gasteiger partial charge in [-0.3, -0.25) is 9.69 Å². The van der Waals surface area contributed by atoms with E-state index in [1.165, 1.54) is 11.3 Å². The normalized spacial score (nSPS) is 19.7. The van der Waals surface area contributed by atoms with Crippen molar-refractivity contribution in [2.75, 3.05) is 25.4 Å². The highest BCUT2D eigenvalue weighted by Crippen LogP contribution is 2.22. The maximum Gasteiger partial charge on any atom is 0.310 e. The predicted molar refractivity (Wildman–Crippen MR) is 78.4 cm³/mol. The van der Waals surface area contributed by atoms with E-state index in [9.17, 15) is 4.79 Å². The molecule has 5 nitrogen and oxygen atoms in total. The first-order valence-corrected chi connectivity index (χ1v) is 7.10. The third-order valence-corrected chi connectivity index (χ3v) is 3.89. The van der Waals surface area contributed by atoms with Gasteiger partial charge in [-0.15, -0.1) is 23.7 Å². The van der Waals surface area contributed by atoms with E-state index in [2.05, 4.69) is 9.88 Å². The van der Waals surface area contributed by atoms with Gasteiger partial charge in [0, 0.05) is 24.2 Å². The Hall–Kier alpha value is -0.850. The molecule has 2 N–H and O–H groups in total. The Balaban J connectivity index is 0.00000180. The summed E-state index contributed by atoms with van der Waals surface area (Å²) < 4.78 is 5.09. The van der Waals surface area contributed by atoms with Crippen molar-refractivity contribution in [3.05, 3.63) is 11.1 Å². The second kappa shape index (κ2) is 7.67. The van der Waals surface area contributed by atoms with Crippen molar-refractivity contribution in [2.45, 2.75) is 26.3 Å². The molecule has 2 rings (SSSR count). The summed E-state index contributed by atoms with van der Waals surface area (Å²) in [6.07, 6.45) is 3.78. The van der Waals surface area contributed by atoms with Gasteiger partial charge in [-0.05, 0) is 26.3 Å². The number of carbonyl (C=O) groups excluding carboxylic acids is 1. The summed E-state index contributed by atoms with van der Waals surface area (Å²) in [6, 6.07) is 0. The summed E-state index contributed by atoms with van der Waals surface area (Å²) in [5, 5.41) is 0.601. The minimum atomic E-state index is -0.0639. The number of piperidine rings is 1. The summed E-state index contributed by atoms with van der Waals surface area (Å²) in [6.45, 7) is 4.93. The Kier molecular flexibility index (Phi) is 6.54. The third-order valence-electron chi connectivity index (χ3n) is 3.08. The average Bonchev–Trinajstić information content (AvgIpc) is 2.75. The van der Waals surface area contributed by atoms with E-state index in [0.29, 0.717) is 11.7 Å². The van der Waals surface area contributed by atoms with Crippen LogP contribution < -0.4 is 5.73 Å². The molecule has 1 atom stereocenters. The van der Waals surface area contributed by atoms with E-state index < -0.39 is 0 Å². The largest absolute Gasteiger partial charge is 0.466 e. The van der Waals surface area contributed by atoms with E-state index >= 15 is 0 Å². The van der Waals surface area contributed by atoms with Crippen LogP contribution in [0.3, 0.4) is 0 Å². The van der Waals surface area contributed by atoms with Crippen LogP contribution in [0.25, 0.3) is 0 Å². The molecule has 0 saturated carbocycles. The van der Waals surface area contributed by atoms with Gasteiger partial charge in [0.05, 0.1) is 12.5 Å². The van der Waals surface area contributed by atoms with E-state index in [4.69, 9.17) is 10.5 Å². The molecular formula is C12H20ClN3O2S. The number of esters is 1. The summed E-state index contributed by atoms with van der Waals surface area (Å²) in [7, 11) is 0. The highest BCUT2D eigenvalue weighted by molar-refractivity contribution is 7.15. The predicted octanol–water partition coefficient (Wildman–Crippen LogP) is 1.92. The van der Waals surface area contributed by atoms with Crippen molar-refractivity contribution in [1.82, 2.24) is 9.88 Å². The number of ether oxygens (including phenoxy) is 1. The van der Waals surface area contributed by atoms with Crippen LogP contribution >= 0.6 is 23.7 Å². The van der Waals surface area contributed by atoms with E-state index in [1.807, 2.05) is 13.1 Å². The average molecular weight is 306 g/mol. The quantitative estimate of drug-likeness (QED) is 0.861. The molecule has 1 aromatic rings. The lowest BCUT2D eigenvalue weighted by Crippen LogP contribution is -2.38. The van der Waals surface area contributed by atoms with Crippen LogP contribution in [-0.2, 0) is 16.1 Å². The molecule has 0 spiro atoms. The fourth-order valence-corrected chi connectivity index (χ4v) is 2.99. The van der Waals surface area contributed by atoms with Crippen molar-refractivity contribution in [3.63, 3.8) is 0 Å². The number of nitrogens with two attached hydrogens (primary N) is 1.